The van der Waals surface area contributed by atoms with Gasteiger partial charge in [-0.05, 0) is 17.3 Å². The Bertz CT molecular complexity index is 941. The van der Waals surface area contributed by atoms with E-state index in [4.69, 9.17) is 20.1 Å². The molecule has 0 saturated carbocycles. The van der Waals surface area contributed by atoms with Crippen LogP contribution in [-0.2, 0) is 24.0 Å². The first-order chi connectivity index (χ1) is 14.4. The van der Waals surface area contributed by atoms with Gasteiger partial charge in [-0.3, -0.25) is 14.5 Å². The van der Waals surface area contributed by atoms with E-state index in [1.165, 1.54) is 31.2 Å². The third kappa shape index (κ3) is 3.89. The monoisotopic (exact) mass is 439 g/mol. The number of hydrogen-bond donors (Lipinski definition) is 4. The average molecular weight is 439 g/mol. The minimum absolute atomic E-state index is 0.142. The smallest absolute Gasteiger partial charge is 0.352 e. The van der Waals surface area contributed by atoms with Crippen LogP contribution in [0.15, 0.2) is 44.4 Å². The molecule has 1 saturated heterocycles. The summed E-state index contributed by atoms with van der Waals surface area (Å²) in [4.78, 5) is 42.7. The molecule has 0 bridgehead atoms. The highest BCUT2D eigenvalue weighted by Crippen LogP contribution is 2.40. The van der Waals surface area contributed by atoms with Gasteiger partial charge in [0.25, 0.3) is 11.8 Å². The van der Waals surface area contributed by atoms with Crippen LogP contribution in [0, 0.1) is 0 Å². The van der Waals surface area contributed by atoms with E-state index in [-0.39, 0.29) is 35.1 Å². The minimum atomic E-state index is -1.34. The van der Waals surface area contributed by atoms with Gasteiger partial charge in [-0.15, -0.1) is 11.8 Å². The number of rotatable bonds is 7. The van der Waals surface area contributed by atoms with Gasteiger partial charge in [0, 0.05) is 11.3 Å². The number of fused-ring (bicyclic) bond motifs is 1. The molecule has 2 amide bonds. The molecule has 0 aliphatic carbocycles. The predicted molar refractivity (Wildman–Crippen MR) is 101 cm³/mol. The number of furan rings is 1. The van der Waals surface area contributed by atoms with Crippen molar-refractivity contribution in [1.82, 2.24) is 10.2 Å². The number of carboxylic acid groups (broad SMARTS) is 1. The number of carbonyl (C=O) groups is 3. The second-order valence-corrected chi connectivity index (χ2v) is 7.05. The fraction of sp³-hybridized carbons (Fsp3) is 0.312. The lowest BCUT2D eigenvalue weighted by atomic mass is 10.0. The predicted octanol–water partition coefficient (Wildman–Crippen LogP) is -0.911. The van der Waals surface area contributed by atoms with Crippen LogP contribution < -0.4 is 11.1 Å². The first-order valence-corrected chi connectivity index (χ1v) is 9.40. The maximum atomic E-state index is 12.6. The number of thioether (sulfide) groups is 1. The molecule has 160 valence electrons. The Hall–Kier alpha value is -3.68. The van der Waals surface area contributed by atoms with Crippen LogP contribution in [0.1, 0.15) is 5.76 Å². The molecule has 0 radical (unpaired) electrons. The zero-order valence-electron chi connectivity index (χ0n) is 15.5. The van der Waals surface area contributed by atoms with Crippen LogP contribution in [0.2, 0.25) is 0 Å². The van der Waals surface area contributed by atoms with Gasteiger partial charge in [0.05, 0.1) is 6.26 Å². The molecule has 2 unspecified atom stereocenters. The lowest BCUT2D eigenvalue weighted by molar-refractivity contribution is -0.150. The van der Waals surface area contributed by atoms with Crippen molar-refractivity contribution in [3.05, 3.63) is 35.4 Å². The number of nitrogens with two attached hydrogens (primary N) is 1. The van der Waals surface area contributed by atoms with Crippen LogP contribution in [0.5, 0.6) is 0 Å². The highest BCUT2D eigenvalue weighted by Gasteiger charge is 2.54. The SMILES string of the molecule is CON=C(C(=O)NC1C(=O)N2C(C(=O)O)=C(COC(N)=NO)CSC12)c1ccco1. The molecule has 1 aromatic rings. The van der Waals surface area contributed by atoms with Gasteiger partial charge < -0.3 is 35.4 Å². The Kier molecular flexibility index (Phi) is 6.15. The number of ether oxygens (including phenoxy) is 1. The Morgan fingerprint density at radius 2 is 2.27 bits per heavy atom. The summed E-state index contributed by atoms with van der Waals surface area (Å²) in [5, 5.41) is 26.2. The summed E-state index contributed by atoms with van der Waals surface area (Å²) in [6, 6.07) is 1.55. The van der Waals surface area contributed by atoms with Crippen molar-refractivity contribution in [3.8, 4) is 0 Å². The van der Waals surface area contributed by atoms with E-state index in [0.29, 0.717) is 0 Å². The van der Waals surface area contributed by atoms with Crippen LogP contribution in [0.4, 0.5) is 0 Å². The van der Waals surface area contributed by atoms with Crippen molar-refractivity contribution >= 4 is 41.3 Å². The van der Waals surface area contributed by atoms with E-state index in [0.717, 1.165) is 4.90 Å². The summed E-state index contributed by atoms with van der Waals surface area (Å²) in [6.45, 7) is -0.277. The lowest BCUT2D eigenvalue weighted by Gasteiger charge is -2.49. The third-order valence-electron chi connectivity index (χ3n) is 4.18. The number of hydrogen-bond acceptors (Lipinski definition) is 10. The number of carbonyl (C=O) groups excluding carboxylic acids is 2. The summed E-state index contributed by atoms with van der Waals surface area (Å²) in [6.07, 6.45) is 1.35. The Labute approximate surface area is 173 Å². The van der Waals surface area contributed by atoms with E-state index in [1.54, 1.807) is 6.07 Å². The number of amides is 2. The fourth-order valence-corrected chi connectivity index (χ4v) is 4.22. The quantitative estimate of drug-likeness (QED) is 0.136. The molecule has 1 aromatic heterocycles. The molecule has 3 rings (SSSR count). The molecule has 14 heteroatoms. The Balaban J connectivity index is 1.76. The third-order valence-corrected chi connectivity index (χ3v) is 5.52. The number of oxime groups is 2. The van der Waals surface area contributed by atoms with E-state index >= 15 is 0 Å². The van der Waals surface area contributed by atoms with Gasteiger partial charge in [0.1, 0.15) is 30.8 Å². The molecule has 2 aliphatic heterocycles. The number of carboxylic acids is 1. The number of nitrogens with one attached hydrogen (secondary N) is 1. The zero-order chi connectivity index (χ0) is 21.8. The molecule has 3 heterocycles. The van der Waals surface area contributed by atoms with Crippen molar-refractivity contribution in [2.75, 3.05) is 19.5 Å². The standard InChI is InChI=1S/C16H17N5O8S/c1-27-20-9(8-3-2-4-28-8)12(22)18-10-13(23)21-11(15(24)25)7(6-30-14(10)21)5-29-16(17)19-26/h2-4,10,14,26H,5-6H2,1H3,(H2,17,19)(H,18,22)(H,24,25). The molecular weight excluding hydrogens is 422 g/mol. The van der Waals surface area contributed by atoms with E-state index in [9.17, 15) is 19.5 Å². The first kappa shape index (κ1) is 21.0. The number of β-lactam (4-membered cyclic amide) rings is 1. The maximum Gasteiger partial charge on any atom is 0.352 e. The van der Waals surface area contributed by atoms with Crippen molar-refractivity contribution in [1.29, 1.82) is 0 Å². The topological polar surface area (TPSA) is 189 Å². The highest BCUT2D eigenvalue weighted by molar-refractivity contribution is 8.00. The van der Waals surface area contributed by atoms with Gasteiger partial charge in [0.2, 0.25) is 5.71 Å². The molecule has 30 heavy (non-hydrogen) atoms. The summed E-state index contributed by atoms with van der Waals surface area (Å²) >= 11 is 1.23. The van der Waals surface area contributed by atoms with Crippen molar-refractivity contribution < 1.29 is 38.7 Å². The van der Waals surface area contributed by atoms with Crippen LogP contribution in [0.3, 0.4) is 0 Å². The summed E-state index contributed by atoms with van der Waals surface area (Å²) in [5.74, 6) is -2.34. The number of aliphatic carboxylic acids is 1. The van der Waals surface area contributed by atoms with Crippen LogP contribution in [0.25, 0.3) is 0 Å². The average Bonchev–Trinajstić information content (AvgIpc) is 3.27. The summed E-state index contributed by atoms with van der Waals surface area (Å²) < 4.78 is 10.1. The lowest BCUT2D eigenvalue weighted by Crippen LogP contribution is -2.71. The second kappa shape index (κ2) is 8.77. The molecule has 1 fully saturated rings. The van der Waals surface area contributed by atoms with Gasteiger partial charge in [-0.1, -0.05) is 5.16 Å². The van der Waals surface area contributed by atoms with E-state index in [1.807, 2.05) is 0 Å². The molecule has 13 nitrogen and oxygen atoms in total. The van der Waals surface area contributed by atoms with E-state index < -0.39 is 35.2 Å². The Morgan fingerprint density at radius 3 is 2.87 bits per heavy atom. The second-order valence-electron chi connectivity index (χ2n) is 5.94. The van der Waals surface area contributed by atoms with Crippen molar-refractivity contribution in [2.24, 2.45) is 16.0 Å². The van der Waals surface area contributed by atoms with Crippen molar-refractivity contribution in [3.63, 3.8) is 0 Å². The van der Waals surface area contributed by atoms with Gasteiger partial charge in [0.15, 0.2) is 5.76 Å². The molecule has 5 N–H and O–H groups in total. The molecule has 0 aromatic carbocycles. The van der Waals surface area contributed by atoms with E-state index in [2.05, 4.69) is 20.5 Å². The minimum Gasteiger partial charge on any atom is -0.477 e. The summed E-state index contributed by atoms with van der Waals surface area (Å²) in [7, 11) is 1.26. The highest BCUT2D eigenvalue weighted by atomic mass is 32.2. The first-order valence-electron chi connectivity index (χ1n) is 8.35. The van der Waals surface area contributed by atoms with Crippen molar-refractivity contribution in [2.45, 2.75) is 11.4 Å². The normalized spacial score (nSPS) is 21.6. The number of amidine groups is 1. The van der Waals surface area contributed by atoms with Gasteiger partial charge in [-0.25, -0.2) is 4.79 Å². The molecule has 0 spiro atoms. The van der Waals surface area contributed by atoms with Gasteiger partial charge in [-0.2, -0.15) is 0 Å². The Morgan fingerprint density at radius 1 is 1.50 bits per heavy atom. The van der Waals surface area contributed by atoms with Crippen LogP contribution in [-0.4, -0.2) is 75.6 Å². The fourth-order valence-electron chi connectivity index (χ4n) is 2.90. The maximum absolute atomic E-state index is 12.6. The molecule has 2 aliphatic rings. The van der Waals surface area contributed by atoms with Gasteiger partial charge >= 0.3 is 12.0 Å². The van der Waals surface area contributed by atoms with Crippen LogP contribution >= 0.6 is 11.8 Å². The largest absolute Gasteiger partial charge is 0.477 e. The number of nitrogens with zero attached hydrogens (tertiary/aromatic N) is 3. The zero-order valence-corrected chi connectivity index (χ0v) is 16.3. The molecule has 2 atom stereocenters. The summed E-state index contributed by atoms with van der Waals surface area (Å²) in [5.41, 5.74) is 5.06. The molecular formula is C16H17N5O8S.